The standard InChI is InChI=1S/C12H13ClO2/c1-7-6-8-4-2-3-5-9(8)10(11(7)13)12(14)15/h6H,2-5H2,1H3,(H,14,15). The number of carboxylic acids is 1. The van der Waals surface area contributed by atoms with Gasteiger partial charge in [-0.15, -0.1) is 0 Å². The summed E-state index contributed by atoms with van der Waals surface area (Å²) < 4.78 is 0. The van der Waals surface area contributed by atoms with E-state index >= 15 is 0 Å². The molecule has 0 heterocycles. The monoisotopic (exact) mass is 224 g/mol. The summed E-state index contributed by atoms with van der Waals surface area (Å²) in [7, 11) is 0. The molecule has 1 aromatic carbocycles. The molecule has 0 radical (unpaired) electrons. The summed E-state index contributed by atoms with van der Waals surface area (Å²) in [6, 6.07) is 2.03. The van der Waals surface area contributed by atoms with Crippen LogP contribution in [0.3, 0.4) is 0 Å². The van der Waals surface area contributed by atoms with Crippen LogP contribution in [0.5, 0.6) is 0 Å². The third-order valence-electron chi connectivity index (χ3n) is 2.98. The number of hydrogen-bond acceptors (Lipinski definition) is 1. The largest absolute Gasteiger partial charge is 0.478 e. The van der Waals surface area contributed by atoms with E-state index in [0.717, 1.165) is 36.8 Å². The lowest BCUT2D eigenvalue weighted by molar-refractivity contribution is 0.0695. The van der Waals surface area contributed by atoms with Crippen LogP contribution >= 0.6 is 11.6 Å². The van der Waals surface area contributed by atoms with Crippen LogP contribution in [-0.4, -0.2) is 11.1 Å². The Hall–Kier alpha value is -1.02. The van der Waals surface area contributed by atoms with Gasteiger partial charge in [-0.3, -0.25) is 0 Å². The van der Waals surface area contributed by atoms with Crippen molar-refractivity contribution in [1.82, 2.24) is 0 Å². The minimum absolute atomic E-state index is 0.325. The van der Waals surface area contributed by atoms with Crippen molar-refractivity contribution < 1.29 is 9.90 Å². The fraction of sp³-hybridized carbons (Fsp3) is 0.417. The Labute approximate surface area is 93.9 Å². The van der Waals surface area contributed by atoms with Gasteiger partial charge in [-0.05, 0) is 49.3 Å². The minimum Gasteiger partial charge on any atom is -0.478 e. The van der Waals surface area contributed by atoms with Crippen molar-refractivity contribution in [1.29, 1.82) is 0 Å². The summed E-state index contributed by atoms with van der Waals surface area (Å²) in [4.78, 5) is 11.2. The number of carbonyl (C=O) groups is 1. The highest BCUT2D eigenvalue weighted by Gasteiger charge is 2.21. The molecule has 0 saturated carbocycles. The topological polar surface area (TPSA) is 37.3 Å². The molecular weight excluding hydrogens is 212 g/mol. The molecule has 0 spiro atoms. The second-order valence-electron chi connectivity index (χ2n) is 4.03. The van der Waals surface area contributed by atoms with Crippen molar-refractivity contribution in [2.24, 2.45) is 0 Å². The molecule has 0 saturated heterocycles. The maximum atomic E-state index is 11.2. The van der Waals surface area contributed by atoms with E-state index in [9.17, 15) is 4.79 Å². The third kappa shape index (κ3) is 1.74. The second-order valence-corrected chi connectivity index (χ2v) is 4.41. The van der Waals surface area contributed by atoms with E-state index < -0.39 is 5.97 Å². The van der Waals surface area contributed by atoms with Crippen LogP contribution in [0.15, 0.2) is 6.07 Å². The first-order valence-electron chi connectivity index (χ1n) is 5.15. The Morgan fingerprint density at radius 3 is 2.73 bits per heavy atom. The second kappa shape index (κ2) is 3.86. The predicted octanol–water partition coefficient (Wildman–Crippen LogP) is 3.23. The van der Waals surface area contributed by atoms with Gasteiger partial charge < -0.3 is 5.11 Å². The van der Waals surface area contributed by atoms with Crippen LogP contribution in [0.25, 0.3) is 0 Å². The number of halogens is 1. The molecule has 0 aliphatic heterocycles. The summed E-state index contributed by atoms with van der Waals surface area (Å²) in [5.74, 6) is -0.901. The van der Waals surface area contributed by atoms with Crippen molar-refractivity contribution in [3.63, 3.8) is 0 Å². The first-order valence-corrected chi connectivity index (χ1v) is 5.53. The molecule has 80 valence electrons. The highest BCUT2D eigenvalue weighted by atomic mass is 35.5. The number of carboxylic acid groups (broad SMARTS) is 1. The van der Waals surface area contributed by atoms with Crippen molar-refractivity contribution in [2.75, 3.05) is 0 Å². The zero-order valence-electron chi connectivity index (χ0n) is 8.64. The molecule has 0 aromatic heterocycles. The number of benzene rings is 1. The number of fused-ring (bicyclic) bond motifs is 1. The van der Waals surface area contributed by atoms with Gasteiger partial charge in [-0.1, -0.05) is 17.7 Å². The van der Waals surface area contributed by atoms with Gasteiger partial charge in [0.15, 0.2) is 0 Å². The van der Waals surface area contributed by atoms with E-state index in [1.54, 1.807) is 0 Å². The van der Waals surface area contributed by atoms with Crippen LogP contribution in [0, 0.1) is 6.92 Å². The van der Waals surface area contributed by atoms with Crippen LogP contribution in [0.1, 0.15) is 39.9 Å². The minimum atomic E-state index is -0.901. The number of hydrogen-bond donors (Lipinski definition) is 1. The van der Waals surface area contributed by atoms with Gasteiger partial charge in [-0.2, -0.15) is 0 Å². The zero-order valence-corrected chi connectivity index (χ0v) is 9.40. The van der Waals surface area contributed by atoms with Gasteiger partial charge in [0, 0.05) is 0 Å². The fourth-order valence-electron chi connectivity index (χ4n) is 2.25. The molecule has 15 heavy (non-hydrogen) atoms. The lowest BCUT2D eigenvalue weighted by Gasteiger charge is -2.20. The summed E-state index contributed by atoms with van der Waals surface area (Å²) in [6.45, 7) is 1.86. The van der Waals surface area contributed by atoms with E-state index in [4.69, 9.17) is 16.7 Å². The molecule has 0 atom stereocenters. The zero-order chi connectivity index (χ0) is 11.0. The smallest absolute Gasteiger partial charge is 0.337 e. The maximum absolute atomic E-state index is 11.2. The van der Waals surface area contributed by atoms with Crippen molar-refractivity contribution >= 4 is 17.6 Å². The van der Waals surface area contributed by atoms with Gasteiger partial charge in [-0.25, -0.2) is 4.79 Å². The highest BCUT2D eigenvalue weighted by molar-refractivity contribution is 6.34. The molecule has 0 unspecified atom stereocenters. The Morgan fingerprint density at radius 1 is 1.40 bits per heavy atom. The first-order chi connectivity index (χ1) is 7.11. The van der Waals surface area contributed by atoms with Crippen LogP contribution < -0.4 is 0 Å². The molecule has 1 aliphatic rings. The van der Waals surface area contributed by atoms with Gasteiger partial charge in [0.2, 0.25) is 0 Å². The molecule has 1 N–H and O–H groups in total. The number of aromatic carboxylic acids is 1. The highest BCUT2D eigenvalue weighted by Crippen LogP contribution is 2.32. The fourth-order valence-corrected chi connectivity index (χ4v) is 2.50. The van der Waals surface area contributed by atoms with Gasteiger partial charge in [0.25, 0.3) is 0 Å². The Kier molecular flexibility index (Phi) is 2.70. The summed E-state index contributed by atoms with van der Waals surface area (Å²) in [5.41, 5.74) is 3.31. The molecule has 3 heteroatoms. The van der Waals surface area contributed by atoms with Crippen LogP contribution in [-0.2, 0) is 12.8 Å². The molecule has 0 bridgehead atoms. The average molecular weight is 225 g/mol. The molecule has 0 amide bonds. The van der Waals surface area contributed by atoms with E-state index in [1.807, 2.05) is 13.0 Å². The van der Waals surface area contributed by atoms with Crippen LogP contribution in [0.4, 0.5) is 0 Å². The number of aryl methyl sites for hydroxylation is 2. The predicted molar refractivity (Wildman–Crippen MR) is 59.8 cm³/mol. The van der Waals surface area contributed by atoms with Gasteiger partial charge >= 0.3 is 5.97 Å². The molecule has 1 aromatic rings. The van der Waals surface area contributed by atoms with Crippen LogP contribution in [0.2, 0.25) is 5.02 Å². The Bertz CT molecular complexity index is 424. The van der Waals surface area contributed by atoms with E-state index in [-0.39, 0.29) is 0 Å². The van der Waals surface area contributed by atoms with Crippen molar-refractivity contribution in [3.8, 4) is 0 Å². The third-order valence-corrected chi connectivity index (χ3v) is 3.47. The molecular formula is C12H13ClO2. The first kappa shape index (κ1) is 10.5. The lowest BCUT2D eigenvalue weighted by atomic mass is 9.87. The SMILES string of the molecule is Cc1cc2c(c(C(=O)O)c1Cl)CCCC2. The maximum Gasteiger partial charge on any atom is 0.337 e. The van der Waals surface area contributed by atoms with Gasteiger partial charge in [0.1, 0.15) is 0 Å². The average Bonchev–Trinajstić information content (AvgIpc) is 2.19. The normalized spacial score (nSPS) is 14.8. The molecule has 2 nitrogen and oxygen atoms in total. The number of rotatable bonds is 1. The lowest BCUT2D eigenvalue weighted by Crippen LogP contribution is -2.12. The molecule has 2 rings (SSSR count). The van der Waals surface area contributed by atoms with Crippen molar-refractivity contribution in [3.05, 3.63) is 33.3 Å². The van der Waals surface area contributed by atoms with E-state index in [0.29, 0.717) is 10.6 Å². The summed E-state index contributed by atoms with van der Waals surface area (Å²) in [6.07, 6.45) is 4.03. The Balaban J connectivity index is 2.68. The summed E-state index contributed by atoms with van der Waals surface area (Å²) in [5, 5.41) is 9.57. The van der Waals surface area contributed by atoms with E-state index in [2.05, 4.69) is 0 Å². The quantitative estimate of drug-likeness (QED) is 0.795. The van der Waals surface area contributed by atoms with E-state index in [1.165, 1.54) is 5.56 Å². The van der Waals surface area contributed by atoms with Crippen molar-refractivity contribution in [2.45, 2.75) is 32.6 Å². The molecule has 1 aliphatic carbocycles. The van der Waals surface area contributed by atoms with Gasteiger partial charge in [0.05, 0.1) is 10.6 Å². The molecule has 0 fully saturated rings. The summed E-state index contributed by atoms with van der Waals surface area (Å²) >= 11 is 6.04. The Morgan fingerprint density at radius 2 is 2.07 bits per heavy atom.